The molecule has 94 valence electrons. The summed E-state index contributed by atoms with van der Waals surface area (Å²) in [4.78, 5) is 2.26. The van der Waals surface area contributed by atoms with Crippen molar-refractivity contribution in [2.24, 2.45) is 5.41 Å². The lowest BCUT2D eigenvalue weighted by atomic mass is 9.89. The van der Waals surface area contributed by atoms with E-state index in [2.05, 4.69) is 24.1 Å². The highest BCUT2D eigenvalue weighted by Gasteiger charge is 2.30. The third-order valence-electron chi connectivity index (χ3n) is 3.58. The number of hydrogen-bond donors (Lipinski definition) is 1. The summed E-state index contributed by atoms with van der Waals surface area (Å²) in [5, 5.41) is 3.40. The van der Waals surface area contributed by atoms with Crippen molar-refractivity contribution in [3.8, 4) is 0 Å². The average Bonchev–Trinajstić information content (AvgIpc) is 2.73. The van der Waals surface area contributed by atoms with Gasteiger partial charge in [0.1, 0.15) is 5.82 Å². The topological polar surface area (TPSA) is 15.3 Å². The molecule has 0 aromatic heterocycles. The SMILES string of the molecule is CCN(CC1(C)CCNC1)c1cccc(F)c1. The molecular weight excluding hydrogens is 215 g/mol. The molecule has 0 aliphatic carbocycles. The molecule has 1 saturated heterocycles. The van der Waals surface area contributed by atoms with E-state index >= 15 is 0 Å². The minimum absolute atomic E-state index is 0.157. The average molecular weight is 236 g/mol. The van der Waals surface area contributed by atoms with Gasteiger partial charge in [-0.25, -0.2) is 4.39 Å². The third-order valence-corrected chi connectivity index (χ3v) is 3.58. The number of halogens is 1. The molecule has 0 amide bonds. The molecule has 1 heterocycles. The Bertz CT molecular complexity index is 372. The smallest absolute Gasteiger partial charge is 0.125 e. The number of anilines is 1. The van der Waals surface area contributed by atoms with Gasteiger partial charge in [-0.05, 0) is 43.5 Å². The number of benzene rings is 1. The molecule has 2 nitrogen and oxygen atoms in total. The van der Waals surface area contributed by atoms with E-state index in [4.69, 9.17) is 0 Å². The molecule has 0 saturated carbocycles. The Morgan fingerprint density at radius 3 is 2.88 bits per heavy atom. The summed E-state index contributed by atoms with van der Waals surface area (Å²) in [5.41, 5.74) is 1.29. The van der Waals surface area contributed by atoms with E-state index in [1.165, 1.54) is 12.5 Å². The summed E-state index contributed by atoms with van der Waals surface area (Å²) in [6.45, 7) is 8.47. The molecule has 2 rings (SSSR count). The number of nitrogens with one attached hydrogen (secondary N) is 1. The van der Waals surface area contributed by atoms with Gasteiger partial charge < -0.3 is 10.2 Å². The van der Waals surface area contributed by atoms with Crippen LogP contribution >= 0.6 is 0 Å². The first-order valence-electron chi connectivity index (χ1n) is 6.34. The molecule has 3 heteroatoms. The lowest BCUT2D eigenvalue weighted by Gasteiger charge is -2.32. The Balaban J connectivity index is 2.11. The van der Waals surface area contributed by atoms with E-state index < -0.39 is 0 Å². The molecule has 1 N–H and O–H groups in total. The van der Waals surface area contributed by atoms with Crippen LogP contribution in [0.5, 0.6) is 0 Å². The van der Waals surface area contributed by atoms with Gasteiger partial charge in [0.2, 0.25) is 0 Å². The Hall–Kier alpha value is -1.09. The first-order valence-corrected chi connectivity index (χ1v) is 6.34. The second-order valence-corrected chi connectivity index (χ2v) is 5.23. The molecule has 1 unspecified atom stereocenters. The Kier molecular flexibility index (Phi) is 3.67. The van der Waals surface area contributed by atoms with Crippen LogP contribution in [0.2, 0.25) is 0 Å². The van der Waals surface area contributed by atoms with Gasteiger partial charge in [-0.1, -0.05) is 13.0 Å². The molecule has 1 aromatic carbocycles. The molecule has 1 fully saturated rings. The van der Waals surface area contributed by atoms with Gasteiger partial charge in [0.15, 0.2) is 0 Å². The highest BCUT2D eigenvalue weighted by atomic mass is 19.1. The molecular formula is C14H21FN2. The number of nitrogens with zero attached hydrogens (tertiary/aromatic N) is 1. The van der Waals surface area contributed by atoms with Crippen molar-refractivity contribution < 1.29 is 4.39 Å². The number of rotatable bonds is 4. The van der Waals surface area contributed by atoms with E-state index in [0.29, 0.717) is 5.41 Å². The first kappa shape index (κ1) is 12.4. The summed E-state index contributed by atoms with van der Waals surface area (Å²) in [5.74, 6) is -0.157. The zero-order chi connectivity index (χ0) is 12.3. The largest absolute Gasteiger partial charge is 0.371 e. The van der Waals surface area contributed by atoms with Crippen LogP contribution in [0.1, 0.15) is 20.3 Å². The van der Waals surface area contributed by atoms with E-state index in [1.807, 2.05) is 6.07 Å². The summed E-state index contributed by atoms with van der Waals surface area (Å²) in [6, 6.07) is 6.88. The molecule has 1 aliphatic heterocycles. The van der Waals surface area contributed by atoms with Crippen molar-refractivity contribution >= 4 is 5.69 Å². The monoisotopic (exact) mass is 236 g/mol. The summed E-state index contributed by atoms with van der Waals surface area (Å²) in [6.07, 6.45) is 1.19. The predicted octanol–water partition coefficient (Wildman–Crippen LogP) is 2.65. The predicted molar refractivity (Wildman–Crippen MR) is 69.9 cm³/mol. The van der Waals surface area contributed by atoms with Crippen LogP contribution in [0, 0.1) is 11.2 Å². The quantitative estimate of drug-likeness (QED) is 0.864. The molecule has 0 bridgehead atoms. The van der Waals surface area contributed by atoms with Gasteiger partial charge >= 0.3 is 0 Å². The van der Waals surface area contributed by atoms with Crippen LogP contribution in [-0.4, -0.2) is 26.2 Å². The summed E-state index contributed by atoms with van der Waals surface area (Å²) >= 11 is 0. The molecule has 0 spiro atoms. The standard InChI is InChI=1S/C14H21FN2/c1-3-17(11-14(2)7-8-16-10-14)13-6-4-5-12(15)9-13/h4-6,9,16H,3,7-8,10-11H2,1-2H3. The summed E-state index contributed by atoms with van der Waals surface area (Å²) in [7, 11) is 0. The van der Waals surface area contributed by atoms with Crippen molar-refractivity contribution in [3.63, 3.8) is 0 Å². The van der Waals surface area contributed by atoms with Crippen molar-refractivity contribution in [1.82, 2.24) is 5.32 Å². The maximum atomic E-state index is 13.2. The van der Waals surface area contributed by atoms with Crippen molar-refractivity contribution in [1.29, 1.82) is 0 Å². The van der Waals surface area contributed by atoms with Crippen molar-refractivity contribution in [3.05, 3.63) is 30.1 Å². The van der Waals surface area contributed by atoms with Crippen molar-refractivity contribution in [2.45, 2.75) is 20.3 Å². The fraction of sp³-hybridized carbons (Fsp3) is 0.571. The van der Waals surface area contributed by atoms with E-state index in [1.54, 1.807) is 12.1 Å². The fourth-order valence-electron chi connectivity index (χ4n) is 2.52. The second kappa shape index (κ2) is 5.05. The normalized spacial score (nSPS) is 23.9. The lowest BCUT2D eigenvalue weighted by Crippen LogP contribution is -2.37. The van der Waals surface area contributed by atoms with Crippen LogP contribution in [-0.2, 0) is 0 Å². The fourth-order valence-corrected chi connectivity index (χ4v) is 2.52. The maximum absolute atomic E-state index is 13.2. The molecule has 1 aromatic rings. The van der Waals surface area contributed by atoms with Crippen LogP contribution in [0.4, 0.5) is 10.1 Å². The zero-order valence-corrected chi connectivity index (χ0v) is 10.7. The minimum Gasteiger partial charge on any atom is -0.371 e. The highest BCUT2D eigenvalue weighted by Crippen LogP contribution is 2.28. The van der Waals surface area contributed by atoms with Crippen LogP contribution < -0.4 is 10.2 Å². The maximum Gasteiger partial charge on any atom is 0.125 e. The van der Waals surface area contributed by atoms with E-state index in [0.717, 1.165) is 31.9 Å². The van der Waals surface area contributed by atoms with Crippen molar-refractivity contribution in [2.75, 3.05) is 31.1 Å². The molecule has 1 atom stereocenters. The van der Waals surface area contributed by atoms with Gasteiger partial charge in [-0.2, -0.15) is 0 Å². The van der Waals surface area contributed by atoms with Crippen LogP contribution in [0.25, 0.3) is 0 Å². The Labute approximate surface area is 103 Å². The Morgan fingerprint density at radius 1 is 1.47 bits per heavy atom. The van der Waals surface area contributed by atoms with Gasteiger partial charge in [0, 0.05) is 25.3 Å². The second-order valence-electron chi connectivity index (χ2n) is 5.23. The molecule has 0 radical (unpaired) electrons. The lowest BCUT2D eigenvalue weighted by molar-refractivity contribution is 0.366. The van der Waals surface area contributed by atoms with E-state index in [-0.39, 0.29) is 5.82 Å². The third kappa shape index (κ3) is 2.97. The van der Waals surface area contributed by atoms with Gasteiger partial charge in [-0.15, -0.1) is 0 Å². The molecule has 1 aliphatic rings. The first-order chi connectivity index (χ1) is 8.13. The number of hydrogen-bond acceptors (Lipinski definition) is 2. The minimum atomic E-state index is -0.157. The van der Waals surface area contributed by atoms with E-state index in [9.17, 15) is 4.39 Å². The highest BCUT2D eigenvalue weighted by molar-refractivity contribution is 5.46. The van der Waals surface area contributed by atoms with Gasteiger partial charge in [-0.3, -0.25) is 0 Å². The van der Waals surface area contributed by atoms with Crippen LogP contribution in [0.3, 0.4) is 0 Å². The summed E-state index contributed by atoms with van der Waals surface area (Å²) < 4.78 is 13.2. The molecule has 17 heavy (non-hydrogen) atoms. The van der Waals surface area contributed by atoms with Gasteiger partial charge in [0.05, 0.1) is 0 Å². The van der Waals surface area contributed by atoms with Gasteiger partial charge in [0.25, 0.3) is 0 Å². The Morgan fingerprint density at radius 2 is 2.29 bits per heavy atom. The van der Waals surface area contributed by atoms with Crippen LogP contribution in [0.15, 0.2) is 24.3 Å². The zero-order valence-electron chi connectivity index (χ0n) is 10.7.